The molecule has 2 aromatic rings. The Kier molecular flexibility index (Phi) is 6.96. The van der Waals surface area contributed by atoms with Gasteiger partial charge in [0.05, 0.1) is 10.6 Å². The van der Waals surface area contributed by atoms with Gasteiger partial charge in [-0.3, -0.25) is 4.79 Å². The van der Waals surface area contributed by atoms with Crippen molar-refractivity contribution in [2.24, 2.45) is 5.92 Å². The van der Waals surface area contributed by atoms with Crippen molar-refractivity contribution in [1.29, 1.82) is 5.26 Å². The minimum atomic E-state index is 0.0136. The molecule has 0 saturated carbocycles. The summed E-state index contributed by atoms with van der Waals surface area (Å²) in [5, 5.41) is 9.36. The maximum atomic E-state index is 12.9. The van der Waals surface area contributed by atoms with Crippen molar-refractivity contribution < 1.29 is 14.3 Å². The zero-order valence-corrected chi connectivity index (χ0v) is 18.6. The first-order chi connectivity index (χ1) is 15.6. The third-order valence-electron chi connectivity index (χ3n) is 6.30. The molecule has 0 spiro atoms. The average molecular weight is 452 g/mol. The molecule has 2 saturated heterocycles. The predicted molar refractivity (Wildman–Crippen MR) is 123 cm³/mol. The van der Waals surface area contributed by atoms with Crippen LogP contribution in [-0.4, -0.2) is 49.4 Å². The number of rotatable bonds is 5. The molecule has 0 aromatic heterocycles. The van der Waals surface area contributed by atoms with Gasteiger partial charge in [-0.2, -0.15) is 5.26 Å². The van der Waals surface area contributed by atoms with Crippen molar-refractivity contribution in [2.45, 2.75) is 31.8 Å². The number of likely N-dealkylation sites (tertiary alicyclic amines) is 1. The predicted octanol–water partition coefficient (Wildman–Crippen LogP) is 4.31. The van der Waals surface area contributed by atoms with Crippen LogP contribution in [0.25, 0.3) is 0 Å². The number of aldehydes is 1. The van der Waals surface area contributed by atoms with Gasteiger partial charge >= 0.3 is 0 Å². The van der Waals surface area contributed by atoms with Crippen molar-refractivity contribution in [1.82, 2.24) is 4.90 Å². The number of halogens is 1. The van der Waals surface area contributed by atoms with E-state index >= 15 is 0 Å². The van der Waals surface area contributed by atoms with Gasteiger partial charge in [-0.15, -0.1) is 0 Å². The lowest BCUT2D eigenvalue weighted by Crippen LogP contribution is -2.41. The van der Waals surface area contributed by atoms with Crippen LogP contribution < -0.4 is 9.64 Å². The summed E-state index contributed by atoms with van der Waals surface area (Å²) in [5.74, 6) is 0.857. The molecule has 2 heterocycles. The van der Waals surface area contributed by atoms with E-state index in [1.807, 2.05) is 35.2 Å². The van der Waals surface area contributed by atoms with E-state index < -0.39 is 0 Å². The first-order valence-electron chi connectivity index (χ1n) is 11.0. The molecule has 0 unspecified atom stereocenters. The minimum Gasteiger partial charge on any atom is -0.490 e. The number of anilines is 1. The Balaban J connectivity index is 1.29. The Morgan fingerprint density at radius 3 is 2.31 bits per heavy atom. The molecule has 6 nitrogen and oxygen atoms in total. The molecule has 4 rings (SSSR count). The summed E-state index contributed by atoms with van der Waals surface area (Å²) in [7, 11) is 0. The monoisotopic (exact) mass is 451 g/mol. The second-order valence-corrected chi connectivity index (χ2v) is 8.78. The number of piperidine rings is 2. The summed E-state index contributed by atoms with van der Waals surface area (Å²) in [4.78, 5) is 28.0. The van der Waals surface area contributed by atoms with Gasteiger partial charge in [-0.1, -0.05) is 11.6 Å². The van der Waals surface area contributed by atoms with Gasteiger partial charge < -0.3 is 19.3 Å². The highest BCUT2D eigenvalue weighted by atomic mass is 35.5. The van der Waals surface area contributed by atoms with Crippen molar-refractivity contribution in [3.63, 3.8) is 0 Å². The van der Waals surface area contributed by atoms with Crippen LogP contribution in [0.4, 0.5) is 5.69 Å². The number of ether oxygens (including phenoxy) is 1. The molecule has 2 aromatic carbocycles. The van der Waals surface area contributed by atoms with E-state index in [9.17, 15) is 9.59 Å². The lowest BCUT2D eigenvalue weighted by molar-refractivity contribution is -0.111. The Morgan fingerprint density at radius 1 is 1.03 bits per heavy atom. The molecule has 0 bridgehead atoms. The van der Waals surface area contributed by atoms with Crippen LogP contribution in [0.3, 0.4) is 0 Å². The Morgan fingerprint density at radius 2 is 1.72 bits per heavy atom. The molecular weight excluding hydrogens is 426 g/mol. The van der Waals surface area contributed by atoms with Gasteiger partial charge in [0.25, 0.3) is 5.91 Å². The molecule has 32 heavy (non-hydrogen) atoms. The van der Waals surface area contributed by atoms with Crippen molar-refractivity contribution in [3.05, 3.63) is 58.6 Å². The van der Waals surface area contributed by atoms with Crippen LogP contribution in [0.2, 0.25) is 5.02 Å². The summed E-state index contributed by atoms with van der Waals surface area (Å²) in [6.07, 6.45) is 4.33. The highest BCUT2D eigenvalue weighted by molar-refractivity contribution is 6.31. The summed E-state index contributed by atoms with van der Waals surface area (Å²) < 4.78 is 6.01. The summed E-state index contributed by atoms with van der Waals surface area (Å²) in [6, 6.07) is 14.9. The number of hydrogen-bond donors (Lipinski definition) is 0. The number of benzene rings is 2. The summed E-state index contributed by atoms with van der Waals surface area (Å²) in [6.45, 7) is 3.01. The van der Waals surface area contributed by atoms with Gasteiger partial charge in [0, 0.05) is 62.3 Å². The van der Waals surface area contributed by atoms with E-state index in [4.69, 9.17) is 21.6 Å². The molecule has 0 radical (unpaired) electrons. The van der Waals surface area contributed by atoms with Crippen LogP contribution in [0.5, 0.6) is 5.75 Å². The first-order valence-corrected chi connectivity index (χ1v) is 11.4. The van der Waals surface area contributed by atoms with Gasteiger partial charge in [0.15, 0.2) is 0 Å². The molecule has 2 aliphatic rings. The number of hydrogen-bond acceptors (Lipinski definition) is 5. The van der Waals surface area contributed by atoms with E-state index in [2.05, 4.69) is 4.90 Å². The molecule has 0 N–H and O–H groups in total. The largest absolute Gasteiger partial charge is 0.490 e. The van der Waals surface area contributed by atoms with Crippen LogP contribution in [-0.2, 0) is 4.79 Å². The molecule has 2 aliphatic heterocycles. The smallest absolute Gasteiger partial charge is 0.253 e. The molecule has 0 atom stereocenters. The molecular formula is C25H26ClN3O3. The topological polar surface area (TPSA) is 73.6 Å². The Labute approximate surface area is 193 Å². The zero-order valence-electron chi connectivity index (χ0n) is 17.9. The number of amides is 1. The third kappa shape index (κ3) is 5.05. The summed E-state index contributed by atoms with van der Waals surface area (Å²) >= 11 is 6.08. The Hall–Kier alpha value is -3.04. The van der Waals surface area contributed by atoms with Crippen LogP contribution >= 0.6 is 11.6 Å². The van der Waals surface area contributed by atoms with Gasteiger partial charge in [0.2, 0.25) is 0 Å². The van der Waals surface area contributed by atoms with Gasteiger partial charge in [-0.25, -0.2) is 0 Å². The zero-order chi connectivity index (χ0) is 22.5. The number of carbonyl (C=O) groups is 2. The minimum absolute atomic E-state index is 0.0136. The fourth-order valence-electron chi connectivity index (χ4n) is 4.32. The highest BCUT2D eigenvalue weighted by Crippen LogP contribution is 2.26. The van der Waals surface area contributed by atoms with Crippen molar-refractivity contribution >= 4 is 29.5 Å². The Bertz CT molecular complexity index is 1000. The average Bonchev–Trinajstić information content (AvgIpc) is 2.84. The lowest BCUT2D eigenvalue weighted by Gasteiger charge is -2.33. The third-order valence-corrected chi connectivity index (χ3v) is 6.62. The lowest BCUT2D eigenvalue weighted by atomic mass is 9.98. The molecule has 166 valence electrons. The standard InChI is InChI=1S/C25H26ClN3O3/c26-24-15-23(6-3-20(24)16-27)32-22-9-13-29(14-10-22)25(31)19-1-4-21(5-2-19)28-11-7-18(17-30)8-12-28/h1-6,15,17-18,22H,7-14H2. The summed E-state index contributed by atoms with van der Waals surface area (Å²) in [5.41, 5.74) is 2.21. The molecule has 0 aliphatic carbocycles. The van der Waals surface area contributed by atoms with E-state index in [0.717, 1.165) is 50.7 Å². The van der Waals surface area contributed by atoms with E-state index in [1.165, 1.54) is 0 Å². The van der Waals surface area contributed by atoms with E-state index in [0.29, 0.717) is 35.0 Å². The second-order valence-electron chi connectivity index (χ2n) is 8.37. The van der Waals surface area contributed by atoms with Gasteiger partial charge in [-0.05, 0) is 49.2 Å². The maximum absolute atomic E-state index is 12.9. The van der Waals surface area contributed by atoms with Crippen LogP contribution in [0.1, 0.15) is 41.6 Å². The number of nitriles is 1. The number of nitrogens with zero attached hydrogens (tertiary/aromatic N) is 3. The fraction of sp³-hybridized carbons (Fsp3) is 0.400. The fourth-order valence-corrected chi connectivity index (χ4v) is 4.53. The molecule has 7 heteroatoms. The van der Waals surface area contributed by atoms with Gasteiger partial charge in [0.1, 0.15) is 24.2 Å². The normalized spacial score (nSPS) is 17.6. The van der Waals surface area contributed by atoms with E-state index in [-0.39, 0.29) is 17.9 Å². The maximum Gasteiger partial charge on any atom is 0.253 e. The number of carbonyl (C=O) groups excluding carboxylic acids is 2. The van der Waals surface area contributed by atoms with E-state index in [1.54, 1.807) is 18.2 Å². The van der Waals surface area contributed by atoms with Crippen molar-refractivity contribution in [2.75, 3.05) is 31.1 Å². The van der Waals surface area contributed by atoms with Crippen molar-refractivity contribution in [3.8, 4) is 11.8 Å². The second kappa shape index (κ2) is 10.1. The van der Waals surface area contributed by atoms with Crippen LogP contribution in [0, 0.1) is 17.2 Å². The first kappa shape index (κ1) is 22.2. The van der Waals surface area contributed by atoms with Crippen LogP contribution in [0.15, 0.2) is 42.5 Å². The highest BCUT2D eigenvalue weighted by Gasteiger charge is 2.25. The molecule has 2 fully saturated rings. The SMILES string of the molecule is N#Cc1ccc(OC2CCN(C(=O)c3ccc(N4CCC(C=O)CC4)cc3)CC2)cc1Cl. The quantitative estimate of drug-likeness (QED) is 0.633. The molecule has 1 amide bonds.